The normalized spacial score (nSPS) is 12.3. The predicted octanol–water partition coefficient (Wildman–Crippen LogP) is 1.77. The first-order chi connectivity index (χ1) is 10.2. The number of hydrogen-bond donors (Lipinski definition) is 2. The lowest BCUT2D eigenvalue weighted by Gasteiger charge is -2.11. The molecule has 1 aromatic rings. The Kier molecular flexibility index (Phi) is 8.66. The van der Waals surface area contributed by atoms with Gasteiger partial charge in [0.05, 0.1) is 11.4 Å². The van der Waals surface area contributed by atoms with Crippen LogP contribution in [-0.4, -0.2) is 47.1 Å². The number of hydrogen-bond acceptors (Lipinski definition) is 4. The number of sulfone groups is 1. The molecule has 1 aromatic carbocycles. The largest absolute Gasteiger partial charge is 0.501 e. The molecule has 0 unspecified atom stereocenters. The van der Waals surface area contributed by atoms with Crippen LogP contribution in [-0.2, 0) is 9.84 Å². The maximum Gasteiger partial charge on any atom is 0.501 e. The molecule has 0 fully saturated rings. The molecule has 6 nitrogen and oxygen atoms in total. The lowest BCUT2D eigenvalue weighted by molar-refractivity contribution is -0.0436. The fourth-order valence-electron chi connectivity index (χ4n) is 1.47. The Morgan fingerprint density at radius 3 is 2.26 bits per heavy atom. The number of aliphatic imine (C=N–C) groups is 1. The van der Waals surface area contributed by atoms with Gasteiger partial charge in [-0.3, -0.25) is 4.99 Å². The van der Waals surface area contributed by atoms with Crippen molar-refractivity contribution in [3.05, 3.63) is 24.3 Å². The zero-order chi connectivity index (χ0) is 16.8. The van der Waals surface area contributed by atoms with Gasteiger partial charge in [-0.15, -0.1) is 24.0 Å². The highest BCUT2D eigenvalue weighted by Gasteiger charge is 2.46. The van der Waals surface area contributed by atoms with Crippen molar-refractivity contribution in [2.75, 3.05) is 27.2 Å². The highest BCUT2D eigenvalue weighted by Crippen LogP contribution is 2.30. The maximum absolute atomic E-state index is 12.4. The molecule has 0 radical (unpaired) electrons. The zero-order valence-electron chi connectivity index (χ0n) is 12.3. The number of nitrogens with one attached hydrogen (secondary N) is 2. The molecule has 2 N–H and O–H groups in total. The monoisotopic (exact) mass is 467 g/mol. The van der Waals surface area contributed by atoms with Crippen LogP contribution in [0, 0.1) is 0 Å². The summed E-state index contributed by atoms with van der Waals surface area (Å²) in [4.78, 5) is 3.06. The molecule has 23 heavy (non-hydrogen) atoms. The number of halogens is 4. The summed E-state index contributed by atoms with van der Waals surface area (Å²) in [6.45, 7) is 0.641. The lowest BCUT2D eigenvalue weighted by atomic mass is 10.3. The second-order valence-electron chi connectivity index (χ2n) is 4.02. The molecule has 132 valence electrons. The number of rotatable bonds is 5. The molecule has 0 saturated heterocycles. The summed E-state index contributed by atoms with van der Waals surface area (Å²) >= 11 is 0. The smallest absolute Gasteiger partial charge is 0.492 e. The maximum atomic E-state index is 12.4. The Morgan fingerprint density at radius 2 is 1.83 bits per heavy atom. The van der Waals surface area contributed by atoms with E-state index in [1.54, 1.807) is 14.1 Å². The van der Waals surface area contributed by atoms with E-state index < -0.39 is 20.2 Å². The minimum absolute atomic E-state index is 0. The van der Waals surface area contributed by atoms with Gasteiger partial charge in [-0.2, -0.15) is 13.2 Å². The van der Waals surface area contributed by atoms with E-state index >= 15 is 0 Å². The van der Waals surface area contributed by atoms with Crippen LogP contribution in [0.2, 0.25) is 0 Å². The van der Waals surface area contributed by atoms with E-state index in [2.05, 4.69) is 15.6 Å². The molecule has 0 aliphatic rings. The van der Waals surface area contributed by atoms with E-state index in [1.165, 1.54) is 12.1 Å². The molecule has 0 spiro atoms. The van der Waals surface area contributed by atoms with E-state index in [-0.39, 0.29) is 36.3 Å². The van der Waals surface area contributed by atoms with Crippen LogP contribution in [0.5, 0.6) is 5.75 Å². The second kappa shape index (κ2) is 9.15. The SMILES string of the molecule is CN=C(NC)NCCOc1ccc(S(=O)(=O)C(F)(F)F)cc1.I. The summed E-state index contributed by atoms with van der Waals surface area (Å²) in [5, 5.41) is 5.71. The minimum Gasteiger partial charge on any atom is -0.492 e. The Morgan fingerprint density at radius 1 is 1.26 bits per heavy atom. The number of ether oxygens (including phenoxy) is 1. The summed E-state index contributed by atoms with van der Waals surface area (Å²) in [5.74, 6) is 0.831. The first kappa shape index (κ1) is 21.8. The summed E-state index contributed by atoms with van der Waals surface area (Å²) in [7, 11) is -2.04. The number of benzene rings is 1. The van der Waals surface area contributed by atoms with Crippen LogP contribution in [0.1, 0.15) is 0 Å². The molecule has 1 rings (SSSR count). The predicted molar refractivity (Wildman–Crippen MR) is 91.0 cm³/mol. The third-order valence-corrected chi connectivity index (χ3v) is 4.06. The van der Waals surface area contributed by atoms with Crippen molar-refractivity contribution in [1.29, 1.82) is 0 Å². The molecule has 0 aliphatic heterocycles. The zero-order valence-corrected chi connectivity index (χ0v) is 15.5. The van der Waals surface area contributed by atoms with Gasteiger partial charge >= 0.3 is 5.51 Å². The van der Waals surface area contributed by atoms with Crippen molar-refractivity contribution in [2.45, 2.75) is 10.4 Å². The van der Waals surface area contributed by atoms with Crippen LogP contribution in [0.25, 0.3) is 0 Å². The number of alkyl halides is 3. The second-order valence-corrected chi connectivity index (χ2v) is 5.96. The van der Waals surface area contributed by atoms with Crippen LogP contribution >= 0.6 is 24.0 Å². The summed E-state index contributed by atoms with van der Waals surface area (Å²) in [6, 6.07) is 4.06. The van der Waals surface area contributed by atoms with Gasteiger partial charge in [-0.25, -0.2) is 8.42 Å². The van der Waals surface area contributed by atoms with Gasteiger partial charge in [0.2, 0.25) is 0 Å². The molecule has 0 aliphatic carbocycles. The molecule has 0 bridgehead atoms. The van der Waals surface area contributed by atoms with Crippen LogP contribution in [0.4, 0.5) is 13.2 Å². The quantitative estimate of drug-likeness (QED) is 0.299. The molecule has 0 aromatic heterocycles. The average Bonchev–Trinajstić information content (AvgIpc) is 2.47. The van der Waals surface area contributed by atoms with Crippen molar-refractivity contribution in [3.63, 3.8) is 0 Å². The Bertz CT molecular complexity index is 619. The van der Waals surface area contributed by atoms with Crippen molar-refractivity contribution >= 4 is 39.8 Å². The highest BCUT2D eigenvalue weighted by atomic mass is 127. The van der Waals surface area contributed by atoms with E-state index in [9.17, 15) is 21.6 Å². The molecule has 0 heterocycles. The molecular formula is C12H17F3IN3O3S. The van der Waals surface area contributed by atoms with Gasteiger partial charge in [-0.05, 0) is 24.3 Å². The molecule has 0 amide bonds. The minimum atomic E-state index is -5.33. The Hall–Kier alpha value is -1.24. The summed E-state index contributed by atoms with van der Waals surface area (Å²) < 4.78 is 64.7. The van der Waals surface area contributed by atoms with Crippen molar-refractivity contribution in [3.8, 4) is 5.75 Å². The van der Waals surface area contributed by atoms with Crippen LogP contribution in [0.15, 0.2) is 34.2 Å². The van der Waals surface area contributed by atoms with Crippen molar-refractivity contribution < 1.29 is 26.3 Å². The van der Waals surface area contributed by atoms with Crippen LogP contribution < -0.4 is 15.4 Å². The van der Waals surface area contributed by atoms with Gasteiger partial charge in [0.1, 0.15) is 12.4 Å². The third kappa shape index (κ3) is 6.05. The molecule has 0 saturated carbocycles. The first-order valence-electron chi connectivity index (χ1n) is 6.15. The molecular weight excluding hydrogens is 450 g/mol. The van der Waals surface area contributed by atoms with E-state index in [0.717, 1.165) is 12.1 Å². The van der Waals surface area contributed by atoms with Gasteiger partial charge in [0.25, 0.3) is 9.84 Å². The Balaban J connectivity index is 0.00000484. The van der Waals surface area contributed by atoms with Gasteiger partial charge in [0.15, 0.2) is 5.96 Å². The fourth-order valence-corrected chi connectivity index (χ4v) is 2.23. The average molecular weight is 467 g/mol. The van der Waals surface area contributed by atoms with E-state index in [1.807, 2.05) is 0 Å². The molecule has 0 atom stereocenters. The first-order valence-corrected chi connectivity index (χ1v) is 7.63. The van der Waals surface area contributed by atoms with Crippen molar-refractivity contribution in [2.24, 2.45) is 4.99 Å². The van der Waals surface area contributed by atoms with Gasteiger partial charge in [0, 0.05) is 14.1 Å². The third-order valence-electron chi connectivity index (χ3n) is 2.56. The highest BCUT2D eigenvalue weighted by molar-refractivity contribution is 14.0. The van der Waals surface area contributed by atoms with Gasteiger partial charge in [-0.1, -0.05) is 0 Å². The van der Waals surface area contributed by atoms with Crippen LogP contribution in [0.3, 0.4) is 0 Å². The van der Waals surface area contributed by atoms with E-state index in [0.29, 0.717) is 12.5 Å². The fraction of sp³-hybridized carbons (Fsp3) is 0.417. The van der Waals surface area contributed by atoms with Crippen molar-refractivity contribution in [1.82, 2.24) is 10.6 Å². The summed E-state index contributed by atoms with van der Waals surface area (Å²) in [6.07, 6.45) is 0. The lowest BCUT2D eigenvalue weighted by Crippen LogP contribution is -2.37. The standard InChI is InChI=1S/C12H16F3N3O3S.HI/c1-16-11(17-2)18-7-8-21-9-3-5-10(6-4-9)22(19,20)12(13,14)15;/h3-6H,7-8H2,1-2H3,(H2,16,17,18);1H. The van der Waals surface area contributed by atoms with Gasteiger partial charge < -0.3 is 15.4 Å². The summed E-state index contributed by atoms with van der Waals surface area (Å²) in [5.41, 5.74) is -5.32. The molecule has 11 heteroatoms. The topological polar surface area (TPSA) is 79.8 Å². The number of guanidine groups is 1. The number of nitrogens with zero attached hydrogens (tertiary/aromatic N) is 1. The Labute approximate surface area is 149 Å². The van der Waals surface area contributed by atoms with E-state index in [4.69, 9.17) is 4.74 Å².